The molecule has 0 saturated carbocycles. The van der Waals surface area contributed by atoms with Crippen LogP contribution in [0.3, 0.4) is 0 Å². The molecular weight excluding hydrogens is 429 g/mol. The molecule has 0 bridgehead atoms. The Labute approximate surface area is 158 Å². The number of nitrogens with zero attached hydrogens (tertiary/aromatic N) is 3. The van der Waals surface area contributed by atoms with Gasteiger partial charge in [-0.15, -0.1) is 35.3 Å². The molecule has 126 valence electrons. The Kier molecular flexibility index (Phi) is 9.49. The number of thioether (sulfide) groups is 1. The first-order chi connectivity index (χ1) is 10.2. The maximum atomic E-state index is 4.63. The van der Waals surface area contributed by atoms with Gasteiger partial charge in [0.1, 0.15) is 0 Å². The fraction of sp³-hybridized carbons (Fsp3) is 0.714. The number of rotatable bonds is 6. The average molecular weight is 455 g/mol. The van der Waals surface area contributed by atoms with E-state index in [9.17, 15) is 0 Å². The number of aromatic nitrogens is 1. The quantitative estimate of drug-likeness (QED) is 0.393. The van der Waals surface area contributed by atoms with Crippen LogP contribution in [0.1, 0.15) is 25.5 Å². The van der Waals surface area contributed by atoms with E-state index in [0.29, 0.717) is 6.54 Å². The molecule has 8 heteroatoms. The molecule has 0 spiro atoms. The lowest BCUT2D eigenvalue weighted by Crippen LogP contribution is -2.40. The number of halogens is 1. The van der Waals surface area contributed by atoms with Crippen molar-refractivity contribution < 1.29 is 0 Å². The molecule has 2 N–H and O–H groups in total. The van der Waals surface area contributed by atoms with Gasteiger partial charge in [0.15, 0.2) is 11.1 Å². The molecule has 1 aliphatic heterocycles. The van der Waals surface area contributed by atoms with E-state index >= 15 is 0 Å². The lowest BCUT2D eigenvalue weighted by Gasteiger charge is -2.14. The van der Waals surface area contributed by atoms with Gasteiger partial charge in [0.2, 0.25) is 0 Å². The Hall–Kier alpha value is -0.220. The summed E-state index contributed by atoms with van der Waals surface area (Å²) in [6, 6.07) is 0. The van der Waals surface area contributed by atoms with Crippen LogP contribution in [0.2, 0.25) is 0 Å². The summed E-state index contributed by atoms with van der Waals surface area (Å²) in [4.78, 5) is 11.2. The van der Waals surface area contributed by atoms with Gasteiger partial charge in [0, 0.05) is 37.8 Å². The predicted octanol–water partition coefficient (Wildman–Crippen LogP) is 2.78. The molecule has 0 aromatic carbocycles. The van der Waals surface area contributed by atoms with Gasteiger partial charge in [0.25, 0.3) is 0 Å². The molecule has 1 unspecified atom stereocenters. The first kappa shape index (κ1) is 19.8. The Morgan fingerprint density at radius 2 is 2.27 bits per heavy atom. The van der Waals surface area contributed by atoms with E-state index in [0.717, 1.165) is 35.1 Å². The van der Waals surface area contributed by atoms with Gasteiger partial charge in [0.05, 0.1) is 12.2 Å². The molecule has 0 amide bonds. The van der Waals surface area contributed by atoms with Crippen molar-refractivity contribution >= 4 is 58.2 Å². The van der Waals surface area contributed by atoms with E-state index in [1.165, 1.54) is 18.6 Å². The molecule has 1 aromatic heterocycles. The molecule has 2 rings (SSSR count). The van der Waals surface area contributed by atoms with E-state index in [1.54, 1.807) is 11.3 Å². The van der Waals surface area contributed by atoms with E-state index in [-0.39, 0.29) is 24.0 Å². The van der Waals surface area contributed by atoms with Gasteiger partial charge < -0.3 is 15.5 Å². The third-order valence-electron chi connectivity index (χ3n) is 3.19. The van der Waals surface area contributed by atoms with Crippen LogP contribution in [0.5, 0.6) is 0 Å². The largest absolute Gasteiger partial charge is 0.357 e. The standard InChI is InChI=1S/C14H25N5S2.HI/c1-4-15-13(17-9-12-6-5-7-20-12)16-8-11-10-21-14(18-11)19(2)3;/h10,12H,4-9H2,1-3H3,(H2,15,16,17);1H. The lowest BCUT2D eigenvalue weighted by molar-refractivity contribution is 0.726. The van der Waals surface area contributed by atoms with Crippen LogP contribution >= 0.6 is 47.1 Å². The molecule has 22 heavy (non-hydrogen) atoms. The topological polar surface area (TPSA) is 52.6 Å². The first-order valence-corrected chi connectivity index (χ1v) is 9.37. The smallest absolute Gasteiger partial charge is 0.191 e. The van der Waals surface area contributed by atoms with Crippen molar-refractivity contribution in [1.29, 1.82) is 0 Å². The summed E-state index contributed by atoms with van der Waals surface area (Å²) in [5, 5.41) is 10.6. The van der Waals surface area contributed by atoms with Crippen molar-refractivity contribution in [2.45, 2.75) is 31.6 Å². The fourth-order valence-electron chi connectivity index (χ4n) is 2.09. The van der Waals surface area contributed by atoms with Gasteiger partial charge >= 0.3 is 0 Å². The van der Waals surface area contributed by atoms with E-state index in [2.05, 4.69) is 44.7 Å². The zero-order valence-electron chi connectivity index (χ0n) is 13.5. The summed E-state index contributed by atoms with van der Waals surface area (Å²) in [6.45, 7) is 4.59. The van der Waals surface area contributed by atoms with Crippen LogP contribution in [0, 0.1) is 0 Å². The first-order valence-electron chi connectivity index (χ1n) is 7.44. The zero-order valence-corrected chi connectivity index (χ0v) is 17.4. The Morgan fingerprint density at radius 1 is 1.45 bits per heavy atom. The summed E-state index contributed by atoms with van der Waals surface area (Å²) in [5.41, 5.74) is 1.02. The van der Waals surface area contributed by atoms with E-state index < -0.39 is 0 Å². The molecule has 1 fully saturated rings. The summed E-state index contributed by atoms with van der Waals surface area (Å²) in [7, 11) is 4.02. The summed E-state index contributed by atoms with van der Waals surface area (Å²) >= 11 is 3.72. The molecule has 2 heterocycles. The minimum Gasteiger partial charge on any atom is -0.357 e. The minimum absolute atomic E-state index is 0. The van der Waals surface area contributed by atoms with Crippen molar-refractivity contribution in [3.05, 3.63) is 11.1 Å². The van der Waals surface area contributed by atoms with E-state index in [1.807, 2.05) is 19.0 Å². The van der Waals surface area contributed by atoms with Crippen LogP contribution in [-0.2, 0) is 6.54 Å². The fourth-order valence-corrected chi connectivity index (χ4v) is 4.04. The highest BCUT2D eigenvalue weighted by Crippen LogP contribution is 2.25. The van der Waals surface area contributed by atoms with Crippen LogP contribution < -0.4 is 15.5 Å². The van der Waals surface area contributed by atoms with Crippen LogP contribution in [0.25, 0.3) is 0 Å². The minimum atomic E-state index is 0. The molecule has 1 aromatic rings. The summed E-state index contributed by atoms with van der Waals surface area (Å²) < 4.78 is 0. The number of guanidine groups is 1. The molecule has 1 atom stereocenters. The number of nitrogens with one attached hydrogen (secondary N) is 2. The number of hydrogen-bond acceptors (Lipinski definition) is 5. The van der Waals surface area contributed by atoms with E-state index in [4.69, 9.17) is 0 Å². The second-order valence-corrected chi connectivity index (χ2v) is 7.47. The highest BCUT2D eigenvalue weighted by Gasteiger charge is 2.15. The van der Waals surface area contributed by atoms with Crippen LogP contribution in [0.15, 0.2) is 10.4 Å². The highest BCUT2D eigenvalue weighted by molar-refractivity contribution is 14.0. The second-order valence-electron chi connectivity index (χ2n) is 5.23. The molecule has 0 radical (unpaired) electrons. The van der Waals surface area contributed by atoms with Gasteiger partial charge in [-0.25, -0.2) is 9.98 Å². The van der Waals surface area contributed by atoms with Gasteiger partial charge in [-0.2, -0.15) is 11.8 Å². The maximum absolute atomic E-state index is 4.63. The van der Waals surface area contributed by atoms with Crippen molar-refractivity contribution in [2.24, 2.45) is 4.99 Å². The third kappa shape index (κ3) is 6.49. The monoisotopic (exact) mass is 455 g/mol. The summed E-state index contributed by atoms with van der Waals surface area (Å²) in [6.07, 6.45) is 2.66. The number of hydrogen-bond donors (Lipinski definition) is 2. The molecule has 1 saturated heterocycles. The van der Waals surface area contributed by atoms with Crippen molar-refractivity contribution in [3.63, 3.8) is 0 Å². The average Bonchev–Trinajstić information content (AvgIpc) is 3.13. The SMILES string of the molecule is CCNC(=NCc1csc(N(C)C)n1)NCC1CCCS1.I. The van der Waals surface area contributed by atoms with Gasteiger partial charge in [-0.1, -0.05) is 0 Å². The highest BCUT2D eigenvalue weighted by atomic mass is 127. The number of thiazole rings is 1. The Balaban J connectivity index is 0.00000242. The molecule has 0 aliphatic carbocycles. The number of anilines is 1. The predicted molar refractivity (Wildman–Crippen MR) is 110 cm³/mol. The van der Waals surface area contributed by atoms with Crippen molar-refractivity contribution in [2.75, 3.05) is 37.8 Å². The van der Waals surface area contributed by atoms with Gasteiger partial charge in [-0.05, 0) is 25.5 Å². The van der Waals surface area contributed by atoms with Crippen LogP contribution in [0.4, 0.5) is 5.13 Å². The van der Waals surface area contributed by atoms with Crippen LogP contribution in [-0.4, -0.2) is 49.1 Å². The molecule has 5 nitrogen and oxygen atoms in total. The third-order valence-corrected chi connectivity index (χ3v) is 5.64. The second kappa shape index (κ2) is 10.5. The van der Waals surface area contributed by atoms with Crippen molar-refractivity contribution in [3.8, 4) is 0 Å². The zero-order chi connectivity index (χ0) is 15.1. The van der Waals surface area contributed by atoms with Crippen molar-refractivity contribution in [1.82, 2.24) is 15.6 Å². The molecule has 1 aliphatic rings. The Bertz CT molecular complexity index is 458. The molecular formula is C14H26IN5S2. The number of aliphatic imine (C=N–C) groups is 1. The lowest BCUT2D eigenvalue weighted by atomic mass is 10.2. The maximum Gasteiger partial charge on any atom is 0.191 e. The normalized spacial score (nSPS) is 18.0. The van der Waals surface area contributed by atoms with Gasteiger partial charge in [-0.3, -0.25) is 0 Å². The Morgan fingerprint density at radius 3 is 2.86 bits per heavy atom. The summed E-state index contributed by atoms with van der Waals surface area (Å²) in [5.74, 6) is 2.19.